The number of anilines is 2. The summed E-state index contributed by atoms with van der Waals surface area (Å²) in [5.41, 5.74) is 9.44. The number of ether oxygens (including phenoxy) is 2. The van der Waals surface area contributed by atoms with Gasteiger partial charge in [-0.3, -0.25) is 10.9 Å². The highest BCUT2D eigenvalue weighted by atomic mass is 32.1. The first-order valence-corrected chi connectivity index (χ1v) is 10.9. The van der Waals surface area contributed by atoms with Crippen LogP contribution in [-0.2, 0) is 0 Å². The number of thiocarbonyl (C=S) groups is 2. The summed E-state index contributed by atoms with van der Waals surface area (Å²) in [6.07, 6.45) is 3.40. The summed E-state index contributed by atoms with van der Waals surface area (Å²) in [6, 6.07) is 15.1. The molecule has 2 aromatic rings. The fourth-order valence-electron chi connectivity index (χ4n) is 3.08. The Bertz CT molecular complexity index is 945. The van der Waals surface area contributed by atoms with Crippen molar-refractivity contribution < 1.29 is 9.47 Å². The zero-order chi connectivity index (χ0) is 22.8. The molecule has 3 rings (SSSR count). The largest absolute Gasteiger partial charge is 0.497 e. The maximum atomic E-state index is 5.33. The van der Waals surface area contributed by atoms with E-state index in [0.29, 0.717) is 16.6 Å². The van der Waals surface area contributed by atoms with Gasteiger partial charge in [-0.25, -0.2) is 0 Å². The fourth-order valence-corrected chi connectivity index (χ4v) is 3.41. The summed E-state index contributed by atoms with van der Waals surface area (Å²) < 4.78 is 10.4. The predicted molar refractivity (Wildman–Crippen MR) is 138 cm³/mol. The van der Waals surface area contributed by atoms with Gasteiger partial charge in [0, 0.05) is 41.4 Å². The minimum Gasteiger partial charge on any atom is -0.497 e. The van der Waals surface area contributed by atoms with E-state index in [-0.39, 0.29) is 0 Å². The van der Waals surface area contributed by atoms with E-state index in [1.165, 1.54) is 0 Å². The number of rotatable bonds is 6. The maximum Gasteiger partial charge on any atom is 0.191 e. The summed E-state index contributed by atoms with van der Waals surface area (Å²) >= 11 is 10.7. The third-order valence-corrected chi connectivity index (χ3v) is 5.01. The number of hydrogen-bond donors (Lipinski definition) is 4. The Kier molecular flexibility index (Phi) is 8.76. The van der Waals surface area contributed by atoms with Gasteiger partial charge in [0.25, 0.3) is 0 Å². The van der Waals surface area contributed by atoms with Gasteiger partial charge >= 0.3 is 0 Å². The van der Waals surface area contributed by atoms with Gasteiger partial charge in [0.15, 0.2) is 10.2 Å². The fraction of sp³-hybridized carbons (Fsp3) is 0.273. The highest BCUT2D eigenvalue weighted by molar-refractivity contribution is 7.80. The van der Waals surface area contributed by atoms with Gasteiger partial charge in [-0.15, -0.1) is 0 Å². The second-order valence-electron chi connectivity index (χ2n) is 6.98. The Balaban J connectivity index is 1.49. The molecule has 0 unspecified atom stereocenters. The molecule has 0 amide bonds. The van der Waals surface area contributed by atoms with Crippen molar-refractivity contribution in [1.29, 1.82) is 0 Å². The number of methoxy groups -OCH3 is 2. The average Bonchev–Trinajstić information content (AvgIpc) is 2.82. The molecule has 0 atom stereocenters. The van der Waals surface area contributed by atoms with Crippen molar-refractivity contribution in [3.8, 4) is 11.5 Å². The lowest BCUT2D eigenvalue weighted by Crippen LogP contribution is -2.28. The van der Waals surface area contributed by atoms with E-state index in [9.17, 15) is 0 Å². The molecule has 4 N–H and O–H groups in total. The van der Waals surface area contributed by atoms with E-state index < -0.39 is 0 Å². The van der Waals surface area contributed by atoms with Crippen molar-refractivity contribution in [1.82, 2.24) is 10.9 Å². The zero-order valence-electron chi connectivity index (χ0n) is 18.0. The molecule has 32 heavy (non-hydrogen) atoms. The third kappa shape index (κ3) is 7.47. The Morgan fingerprint density at radius 3 is 1.69 bits per heavy atom. The molecular formula is C22H26N6O2S2. The number of hydrogen-bond acceptors (Lipinski definition) is 6. The van der Waals surface area contributed by atoms with E-state index in [4.69, 9.17) is 33.9 Å². The summed E-state index contributed by atoms with van der Waals surface area (Å²) in [7, 11) is 3.25. The Morgan fingerprint density at radius 1 is 0.781 bits per heavy atom. The van der Waals surface area contributed by atoms with Crippen LogP contribution in [0.25, 0.3) is 0 Å². The molecule has 1 saturated carbocycles. The molecule has 1 aliphatic rings. The van der Waals surface area contributed by atoms with E-state index in [1.54, 1.807) is 14.2 Å². The second kappa shape index (κ2) is 12.0. The molecule has 168 valence electrons. The van der Waals surface area contributed by atoms with Crippen molar-refractivity contribution in [3.63, 3.8) is 0 Å². The normalized spacial score (nSPS) is 15.7. The van der Waals surface area contributed by atoms with Crippen LogP contribution in [0.3, 0.4) is 0 Å². The second-order valence-corrected chi connectivity index (χ2v) is 7.80. The molecular weight excluding hydrogens is 444 g/mol. The van der Waals surface area contributed by atoms with Crippen LogP contribution in [0, 0.1) is 0 Å². The molecule has 1 aliphatic carbocycles. The Morgan fingerprint density at radius 2 is 1.25 bits per heavy atom. The topological polar surface area (TPSA) is 91.3 Å². The number of benzene rings is 2. The minimum absolute atomic E-state index is 0.414. The van der Waals surface area contributed by atoms with Crippen LogP contribution in [0.2, 0.25) is 0 Å². The first-order valence-electron chi connectivity index (χ1n) is 10.1. The van der Waals surface area contributed by atoms with Crippen LogP contribution in [0.1, 0.15) is 25.7 Å². The molecule has 1 fully saturated rings. The molecule has 0 radical (unpaired) electrons. The lowest BCUT2D eigenvalue weighted by Gasteiger charge is -2.16. The Hall–Kier alpha value is -3.24. The molecule has 10 heteroatoms. The monoisotopic (exact) mass is 470 g/mol. The molecule has 0 spiro atoms. The van der Waals surface area contributed by atoms with Crippen LogP contribution >= 0.6 is 24.4 Å². The van der Waals surface area contributed by atoms with Crippen molar-refractivity contribution >= 4 is 57.5 Å². The third-order valence-electron chi connectivity index (χ3n) is 4.63. The van der Waals surface area contributed by atoms with E-state index in [2.05, 4.69) is 31.7 Å². The molecule has 0 saturated heterocycles. The van der Waals surface area contributed by atoms with Gasteiger partial charge in [0.05, 0.1) is 14.2 Å². The molecule has 0 aliphatic heterocycles. The summed E-state index contributed by atoms with van der Waals surface area (Å²) in [4.78, 5) is 0. The molecule has 8 nitrogen and oxygen atoms in total. The van der Waals surface area contributed by atoms with Crippen LogP contribution in [0.4, 0.5) is 11.4 Å². The zero-order valence-corrected chi connectivity index (χ0v) is 19.6. The van der Waals surface area contributed by atoms with Crippen LogP contribution < -0.4 is 31.0 Å². The number of nitrogens with zero attached hydrogens (tertiary/aromatic N) is 2. The first kappa shape index (κ1) is 23.4. The molecule has 0 heterocycles. The van der Waals surface area contributed by atoms with E-state index >= 15 is 0 Å². The number of hydrazone groups is 2. The SMILES string of the molecule is COc1cccc(NC(=S)N/N=C2/CCC/C(=N/NC(=S)Nc3cccc(OC)c3)C2)c1. The van der Waals surface area contributed by atoms with Gasteiger partial charge < -0.3 is 20.1 Å². The smallest absolute Gasteiger partial charge is 0.191 e. The van der Waals surface area contributed by atoms with Crippen molar-refractivity contribution in [2.75, 3.05) is 24.9 Å². The van der Waals surface area contributed by atoms with Crippen LogP contribution in [0.5, 0.6) is 11.5 Å². The standard InChI is InChI=1S/C22H26N6O2S2/c1-29-19-10-4-6-15(13-19)23-21(31)27-25-17-8-3-9-18(12-17)26-28-22(32)24-16-7-5-11-20(14-16)30-2/h4-7,10-11,13-14H,3,8-9,12H2,1-2H3,(H2,23,27,31)(H2,24,28,32)/b25-17-,26-18-. The van der Waals surface area contributed by atoms with Crippen molar-refractivity contribution in [2.45, 2.75) is 25.7 Å². The van der Waals surface area contributed by atoms with E-state index in [1.807, 2.05) is 48.5 Å². The molecule has 2 aromatic carbocycles. The average molecular weight is 471 g/mol. The lowest BCUT2D eigenvalue weighted by molar-refractivity contribution is 0.415. The molecule has 0 aromatic heterocycles. The number of nitrogens with one attached hydrogen (secondary N) is 4. The van der Waals surface area contributed by atoms with E-state index in [0.717, 1.165) is 53.6 Å². The van der Waals surface area contributed by atoms with Crippen molar-refractivity contribution in [3.05, 3.63) is 48.5 Å². The Labute approximate surface area is 198 Å². The first-order chi connectivity index (χ1) is 15.6. The van der Waals surface area contributed by atoms with Gasteiger partial charge in [0.2, 0.25) is 0 Å². The van der Waals surface area contributed by atoms with Crippen LogP contribution in [0.15, 0.2) is 58.7 Å². The molecule has 0 bridgehead atoms. The van der Waals surface area contributed by atoms with Gasteiger partial charge in [-0.1, -0.05) is 12.1 Å². The highest BCUT2D eigenvalue weighted by Crippen LogP contribution is 2.18. The quantitative estimate of drug-likeness (QED) is 0.368. The van der Waals surface area contributed by atoms with Gasteiger partial charge in [-0.05, 0) is 68.0 Å². The summed E-state index contributed by atoms with van der Waals surface area (Å²) in [5, 5.41) is 15.9. The minimum atomic E-state index is 0.414. The van der Waals surface area contributed by atoms with Crippen LogP contribution in [-0.4, -0.2) is 35.9 Å². The maximum absolute atomic E-state index is 5.33. The summed E-state index contributed by atoms with van der Waals surface area (Å²) in [6.45, 7) is 0. The predicted octanol–water partition coefficient (Wildman–Crippen LogP) is 4.26. The van der Waals surface area contributed by atoms with Crippen molar-refractivity contribution in [2.24, 2.45) is 10.2 Å². The summed E-state index contributed by atoms with van der Waals surface area (Å²) in [5.74, 6) is 1.51. The lowest BCUT2D eigenvalue weighted by atomic mass is 9.97. The van der Waals surface area contributed by atoms with Gasteiger partial charge in [-0.2, -0.15) is 10.2 Å². The van der Waals surface area contributed by atoms with Gasteiger partial charge in [0.1, 0.15) is 11.5 Å². The highest BCUT2D eigenvalue weighted by Gasteiger charge is 2.14.